The Balaban J connectivity index is 1.37. The van der Waals surface area contributed by atoms with Gasteiger partial charge in [-0.3, -0.25) is 4.79 Å². The summed E-state index contributed by atoms with van der Waals surface area (Å²) in [4.78, 5) is 25.5. The summed E-state index contributed by atoms with van der Waals surface area (Å²) in [5, 5.41) is 18.5. The molecule has 4 aromatic rings. The molecule has 4 aromatic carbocycles. The Bertz CT molecular complexity index is 1390. The van der Waals surface area contributed by atoms with Crippen molar-refractivity contribution in [1.82, 2.24) is 5.01 Å². The van der Waals surface area contributed by atoms with E-state index in [1.54, 1.807) is 30.3 Å². The van der Waals surface area contributed by atoms with Crippen LogP contribution in [0, 0.1) is 0 Å². The lowest BCUT2D eigenvalue weighted by Gasteiger charge is -2.22. The smallest absolute Gasteiger partial charge is 0.340 e. The molecule has 5 rings (SSSR count). The molecule has 0 aromatic heterocycles. The van der Waals surface area contributed by atoms with E-state index in [9.17, 15) is 14.7 Å². The van der Waals surface area contributed by atoms with Gasteiger partial charge in [-0.1, -0.05) is 97.1 Å². The summed E-state index contributed by atoms with van der Waals surface area (Å²) >= 11 is 0. The van der Waals surface area contributed by atoms with Gasteiger partial charge in [0.15, 0.2) is 12.7 Å². The quantitative estimate of drug-likeness (QED) is 0.416. The van der Waals surface area contributed by atoms with Gasteiger partial charge in [-0.25, -0.2) is 9.80 Å². The predicted octanol–water partition coefficient (Wildman–Crippen LogP) is 4.79. The number of carbonyl (C=O) groups excluding carboxylic acids is 2. The molecule has 1 aliphatic rings. The largest absolute Gasteiger partial charge is 0.453 e. The van der Waals surface area contributed by atoms with Crippen molar-refractivity contribution >= 4 is 28.4 Å². The van der Waals surface area contributed by atoms with Gasteiger partial charge in [-0.05, 0) is 33.5 Å². The van der Waals surface area contributed by atoms with Crippen molar-refractivity contribution in [1.29, 1.82) is 0 Å². The van der Waals surface area contributed by atoms with E-state index in [-0.39, 0.29) is 6.04 Å². The number of hydrazone groups is 1. The number of ether oxygens (including phenoxy) is 1. The third-order valence-corrected chi connectivity index (χ3v) is 6.11. The van der Waals surface area contributed by atoms with Gasteiger partial charge in [-0.15, -0.1) is 0 Å². The van der Waals surface area contributed by atoms with Crippen molar-refractivity contribution < 1.29 is 19.4 Å². The second kappa shape index (κ2) is 9.91. The molecule has 0 saturated heterocycles. The lowest BCUT2D eigenvalue weighted by molar-refractivity contribution is -0.160. The number of amides is 1. The third kappa shape index (κ3) is 4.83. The summed E-state index contributed by atoms with van der Waals surface area (Å²) in [6.07, 6.45) is -0.918. The number of hydrogen-bond acceptors (Lipinski definition) is 5. The number of benzene rings is 4. The molecular weight excluding hydrogens is 440 g/mol. The maximum absolute atomic E-state index is 13.1. The molecule has 1 aliphatic heterocycles. The van der Waals surface area contributed by atoms with Crippen molar-refractivity contribution in [3.05, 3.63) is 120 Å². The highest BCUT2D eigenvalue weighted by atomic mass is 16.5. The molecule has 1 heterocycles. The highest BCUT2D eigenvalue weighted by Gasteiger charge is 2.34. The van der Waals surface area contributed by atoms with Crippen molar-refractivity contribution in [3.8, 4) is 0 Å². The summed E-state index contributed by atoms with van der Waals surface area (Å²) in [5.41, 5.74) is 3.07. The first-order chi connectivity index (χ1) is 17.1. The van der Waals surface area contributed by atoms with E-state index in [0.717, 1.165) is 27.6 Å². The molecule has 0 spiro atoms. The molecule has 35 heavy (non-hydrogen) atoms. The number of fused-ring (bicyclic) bond motifs is 1. The molecule has 1 N–H and O–H groups in total. The van der Waals surface area contributed by atoms with E-state index in [1.807, 2.05) is 60.7 Å². The Morgan fingerprint density at radius 3 is 2.29 bits per heavy atom. The van der Waals surface area contributed by atoms with Crippen molar-refractivity contribution in [3.63, 3.8) is 0 Å². The minimum Gasteiger partial charge on any atom is -0.453 e. The molecule has 0 aliphatic carbocycles. The summed E-state index contributed by atoms with van der Waals surface area (Å²) in [5.74, 6) is -1.33. The van der Waals surface area contributed by atoms with Gasteiger partial charge < -0.3 is 9.84 Å². The summed E-state index contributed by atoms with van der Waals surface area (Å²) in [6.45, 7) is -0.513. The summed E-state index contributed by atoms with van der Waals surface area (Å²) in [7, 11) is 0. The van der Waals surface area contributed by atoms with Crippen LogP contribution in [0.2, 0.25) is 0 Å². The average Bonchev–Trinajstić information content (AvgIpc) is 3.37. The predicted molar refractivity (Wildman–Crippen MR) is 133 cm³/mol. The number of aliphatic hydroxyl groups excluding tert-OH is 1. The SMILES string of the molecule is O=C(OCC(=O)N1N=C(c2ccc3ccccc3c2)CC1c1ccccc1)C(O)c1ccccc1. The van der Waals surface area contributed by atoms with Crippen LogP contribution in [0.25, 0.3) is 10.8 Å². The Morgan fingerprint density at radius 2 is 1.54 bits per heavy atom. The number of rotatable bonds is 6. The second-order valence-corrected chi connectivity index (χ2v) is 8.40. The first-order valence-electron chi connectivity index (χ1n) is 11.4. The van der Waals surface area contributed by atoms with Gasteiger partial charge in [-0.2, -0.15) is 5.10 Å². The molecule has 2 unspecified atom stereocenters. The minimum atomic E-state index is -1.45. The van der Waals surface area contributed by atoms with Crippen molar-refractivity contribution in [2.24, 2.45) is 5.10 Å². The van der Waals surface area contributed by atoms with Crippen LogP contribution in [0.3, 0.4) is 0 Å². The number of esters is 1. The molecule has 0 bridgehead atoms. The van der Waals surface area contributed by atoms with E-state index in [1.165, 1.54) is 5.01 Å². The molecule has 0 radical (unpaired) electrons. The van der Waals surface area contributed by atoms with Crippen molar-refractivity contribution in [2.75, 3.05) is 6.61 Å². The average molecular weight is 465 g/mol. The zero-order valence-electron chi connectivity index (χ0n) is 19.0. The van der Waals surface area contributed by atoms with Crippen LogP contribution in [0.1, 0.15) is 35.3 Å². The summed E-state index contributed by atoms with van der Waals surface area (Å²) < 4.78 is 5.17. The number of nitrogens with zero attached hydrogens (tertiary/aromatic N) is 2. The van der Waals surface area contributed by atoms with E-state index >= 15 is 0 Å². The third-order valence-electron chi connectivity index (χ3n) is 6.11. The van der Waals surface area contributed by atoms with Crippen LogP contribution in [0.5, 0.6) is 0 Å². The fourth-order valence-electron chi connectivity index (χ4n) is 4.27. The molecule has 1 amide bonds. The first-order valence-corrected chi connectivity index (χ1v) is 11.4. The summed E-state index contributed by atoms with van der Waals surface area (Å²) in [6, 6.07) is 32.0. The fraction of sp³-hybridized carbons (Fsp3) is 0.138. The molecule has 6 heteroatoms. The van der Waals surface area contributed by atoms with Gasteiger partial charge in [0, 0.05) is 6.42 Å². The van der Waals surface area contributed by atoms with Gasteiger partial charge in [0.2, 0.25) is 0 Å². The molecule has 0 fully saturated rings. The fourth-order valence-corrected chi connectivity index (χ4v) is 4.27. The molecule has 0 saturated carbocycles. The zero-order chi connectivity index (χ0) is 24.2. The monoisotopic (exact) mass is 464 g/mol. The Kier molecular flexibility index (Phi) is 6.37. The van der Waals surface area contributed by atoms with Gasteiger partial charge in [0.25, 0.3) is 5.91 Å². The lowest BCUT2D eigenvalue weighted by atomic mass is 9.97. The topological polar surface area (TPSA) is 79.2 Å². The highest BCUT2D eigenvalue weighted by molar-refractivity contribution is 6.05. The Hall–Kier alpha value is -4.29. The number of aliphatic hydroxyl groups is 1. The van der Waals surface area contributed by atoms with E-state index in [2.05, 4.69) is 17.2 Å². The Morgan fingerprint density at radius 1 is 0.886 bits per heavy atom. The van der Waals surface area contributed by atoms with Crippen LogP contribution in [-0.2, 0) is 14.3 Å². The van der Waals surface area contributed by atoms with E-state index in [4.69, 9.17) is 4.74 Å². The van der Waals surface area contributed by atoms with Crippen LogP contribution in [0.15, 0.2) is 108 Å². The van der Waals surface area contributed by atoms with Crippen LogP contribution >= 0.6 is 0 Å². The van der Waals surface area contributed by atoms with E-state index in [0.29, 0.717) is 12.0 Å². The van der Waals surface area contributed by atoms with Gasteiger partial charge in [0.05, 0.1) is 11.8 Å². The molecular formula is C29H24N2O4. The van der Waals surface area contributed by atoms with Crippen LogP contribution in [-0.4, -0.2) is 34.3 Å². The second-order valence-electron chi connectivity index (χ2n) is 8.40. The van der Waals surface area contributed by atoms with Crippen LogP contribution in [0.4, 0.5) is 0 Å². The zero-order valence-corrected chi connectivity index (χ0v) is 19.0. The van der Waals surface area contributed by atoms with Gasteiger partial charge >= 0.3 is 5.97 Å². The van der Waals surface area contributed by atoms with Gasteiger partial charge in [0.1, 0.15) is 0 Å². The standard InChI is InChI=1S/C29H24N2O4/c32-27(19-35-29(34)28(33)22-12-5-2-6-13-22)31-26(21-10-3-1-4-11-21)18-25(30-31)24-16-15-20-9-7-8-14-23(20)17-24/h1-17,26,28,33H,18-19H2. The van der Waals surface area contributed by atoms with E-state index < -0.39 is 24.6 Å². The number of hydrogen-bond donors (Lipinski definition) is 1. The maximum atomic E-state index is 13.1. The van der Waals surface area contributed by atoms with Crippen molar-refractivity contribution in [2.45, 2.75) is 18.6 Å². The maximum Gasteiger partial charge on any atom is 0.340 e. The molecule has 174 valence electrons. The first kappa shape index (κ1) is 22.5. The minimum absolute atomic E-state index is 0.317. The normalized spacial score (nSPS) is 16.1. The lowest BCUT2D eigenvalue weighted by Crippen LogP contribution is -2.32. The highest BCUT2D eigenvalue weighted by Crippen LogP contribution is 2.33. The number of carbonyl (C=O) groups is 2. The van der Waals surface area contributed by atoms with Crippen LogP contribution < -0.4 is 0 Å². The molecule has 6 nitrogen and oxygen atoms in total. The Labute approximate surface area is 203 Å². The molecule has 2 atom stereocenters.